The van der Waals surface area contributed by atoms with Crippen LogP contribution >= 0.6 is 23.2 Å². The van der Waals surface area contributed by atoms with Gasteiger partial charge in [0, 0.05) is 5.02 Å². The molecule has 0 N–H and O–H groups in total. The highest BCUT2D eigenvalue weighted by Gasteiger charge is 2.26. The van der Waals surface area contributed by atoms with Crippen molar-refractivity contribution in [3.8, 4) is 11.5 Å². The van der Waals surface area contributed by atoms with Crippen LogP contribution in [0, 0.1) is 0 Å². The van der Waals surface area contributed by atoms with Crippen LogP contribution in [-0.4, -0.2) is 26.1 Å². The Labute approximate surface area is 154 Å². The Bertz CT molecular complexity index is 906. The number of rotatable bonds is 4. The van der Waals surface area contributed by atoms with Crippen molar-refractivity contribution < 1.29 is 19.0 Å². The number of cyclic esters (lactones) is 1. The van der Waals surface area contributed by atoms with Gasteiger partial charge in [0.2, 0.25) is 5.90 Å². The molecule has 5 nitrogen and oxygen atoms in total. The van der Waals surface area contributed by atoms with Gasteiger partial charge in [0.05, 0.1) is 24.8 Å². The maximum atomic E-state index is 12.1. The first-order valence-corrected chi connectivity index (χ1v) is 7.97. The van der Waals surface area contributed by atoms with Crippen LogP contribution in [0.4, 0.5) is 0 Å². The Balaban J connectivity index is 1.97. The van der Waals surface area contributed by atoms with Crippen LogP contribution in [0.2, 0.25) is 10.0 Å². The van der Waals surface area contributed by atoms with Crippen molar-refractivity contribution in [3.05, 3.63) is 63.3 Å². The lowest BCUT2D eigenvalue weighted by atomic mass is 10.1. The zero-order chi connectivity index (χ0) is 18.0. The number of carbonyl (C=O) groups is 1. The minimum atomic E-state index is -0.569. The third kappa shape index (κ3) is 3.62. The number of benzene rings is 2. The van der Waals surface area contributed by atoms with Gasteiger partial charge in [-0.2, -0.15) is 0 Å². The Hall–Kier alpha value is -2.50. The number of aliphatic imine (C=N–C) groups is 1. The zero-order valence-electron chi connectivity index (χ0n) is 13.4. The van der Waals surface area contributed by atoms with Crippen molar-refractivity contribution in [1.82, 2.24) is 0 Å². The maximum absolute atomic E-state index is 12.1. The van der Waals surface area contributed by atoms with Crippen molar-refractivity contribution in [2.75, 3.05) is 14.2 Å². The number of carbonyl (C=O) groups excluding carboxylic acids is 1. The predicted octanol–water partition coefficient (Wildman–Crippen LogP) is 4.36. The molecule has 0 amide bonds. The molecule has 128 valence electrons. The highest BCUT2D eigenvalue weighted by atomic mass is 35.5. The van der Waals surface area contributed by atoms with E-state index in [9.17, 15) is 4.79 Å². The molecule has 0 aromatic heterocycles. The van der Waals surface area contributed by atoms with Gasteiger partial charge in [0.25, 0.3) is 0 Å². The Kier molecular flexibility index (Phi) is 4.97. The molecule has 1 heterocycles. The summed E-state index contributed by atoms with van der Waals surface area (Å²) >= 11 is 12.1. The third-order valence-corrected chi connectivity index (χ3v) is 4.05. The normalized spacial score (nSPS) is 15.1. The van der Waals surface area contributed by atoms with Crippen molar-refractivity contribution in [2.24, 2.45) is 4.99 Å². The fourth-order valence-electron chi connectivity index (χ4n) is 2.29. The summed E-state index contributed by atoms with van der Waals surface area (Å²) in [7, 11) is 3.09. The SMILES string of the molecule is COc1ccc(/C=C2\N=C(c3cc(Cl)ccc3Cl)OC2=O)cc1OC. The molecule has 0 spiro atoms. The average Bonchev–Trinajstić information content (AvgIpc) is 2.97. The second-order valence-electron chi connectivity index (χ2n) is 5.07. The molecule has 0 bridgehead atoms. The second kappa shape index (κ2) is 7.17. The molecule has 0 radical (unpaired) electrons. The lowest BCUT2D eigenvalue weighted by molar-refractivity contribution is -0.129. The highest BCUT2D eigenvalue weighted by molar-refractivity contribution is 6.36. The number of ether oxygens (including phenoxy) is 3. The van der Waals surface area contributed by atoms with Gasteiger partial charge < -0.3 is 14.2 Å². The molecule has 0 unspecified atom stereocenters. The summed E-state index contributed by atoms with van der Waals surface area (Å²) in [5, 5.41) is 0.860. The molecule has 0 saturated heterocycles. The molecule has 0 saturated carbocycles. The van der Waals surface area contributed by atoms with E-state index in [1.165, 1.54) is 7.11 Å². The van der Waals surface area contributed by atoms with E-state index in [2.05, 4.69) is 4.99 Å². The van der Waals surface area contributed by atoms with E-state index in [0.717, 1.165) is 0 Å². The summed E-state index contributed by atoms with van der Waals surface area (Å²) in [6, 6.07) is 10.1. The molecule has 0 aliphatic carbocycles. The summed E-state index contributed by atoms with van der Waals surface area (Å²) < 4.78 is 15.7. The first kappa shape index (κ1) is 17.3. The van der Waals surface area contributed by atoms with Gasteiger partial charge in [0.15, 0.2) is 17.2 Å². The third-order valence-electron chi connectivity index (χ3n) is 3.49. The Morgan fingerprint density at radius 1 is 1.04 bits per heavy atom. The van der Waals surface area contributed by atoms with Gasteiger partial charge in [-0.05, 0) is 42.0 Å². The van der Waals surface area contributed by atoms with Crippen molar-refractivity contribution in [2.45, 2.75) is 0 Å². The Morgan fingerprint density at radius 3 is 2.52 bits per heavy atom. The maximum Gasteiger partial charge on any atom is 0.363 e. The summed E-state index contributed by atoms with van der Waals surface area (Å²) in [5.74, 6) is 0.684. The number of esters is 1. The smallest absolute Gasteiger partial charge is 0.363 e. The van der Waals surface area contributed by atoms with Gasteiger partial charge in [-0.1, -0.05) is 29.3 Å². The quantitative estimate of drug-likeness (QED) is 0.586. The molecular formula is C18H13Cl2NO4. The largest absolute Gasteiger partial charge is 0.493 e. The monoisotopic (exact) mass is 377 g/mol. The van der Waals surface area contributed by atoms with Gasteiger partial charge in [0.1, 0.15) is 0 Å². The van der Waals surface area contributed by atoms with Crippen LogP contribution in [0.1, 0.15) is 11.1 Å². The van der Waals surface area contributed by atoms with Gasteiger partial charge in [-0.3, -0.25) is 0 Å². The molecule has 1 aliphatic heterocycles. The number of methoxy groups -OCH3 is 2. The molecule has 0 atom stereocenters. The van der Waals surface area contributed by atoms with Gasteiger partial charge in [-0.25, -0.2) is 9.79 Å². The zero-order valence-corrected chi connectivity index (χ0v) is 14.9. The number of nitrogens with zero attached hydrogens (tertiary/aromatic N) is 1. The lowest BCUT2D eigenvalue weighted by Crippen LogP contribution is -2.06. The van der Waals surface area contributed by atoms with E-state index < -0.39 is 5.97 Å². The van der Waals surface area contributed by atoms with Gasteiger partial charge in [-0.15, -0.1) is 0 Å². The number of hydrogen-bond acceptors (Lipinski definition) is 5. The molecule has 25 heavy (non-hydrogen) atoms. The van der Waals surface area contributed by atoms with Crippen LogP contribution in [0.5, 0.6) is 11.5 Å². The van der Waals surface area contributed by atoms with Crippen LogP contribution in [0.3, 0.4) is 0 Å². The fourth-order valence-corrected chi connectivity index (χ4v) is 2.66. The van der Waals surface area contributed by atoms with Crippen molar-refractivity contribution in [3.63, 3.8) is 0 Å². The summed E-state index contributed by atoms with van der Waals surface area (Å²) in [5.41, 5.74) is 1.32. The summed E-state index contributed by atoms with van der Waals surface area (Å²) in [4.78, 5) is 16.3. The first-order valence-electron chi connectivity index (χ1n) is 7.22. The van der Waals surface area contributed by atoms with Crippen molar-refractivity contribution >= 4 is 41.1 Å². The first-order chi connectivity index (χ1) is 12.0. The van der Waals surface area contributed by atoms with E-state index >= 15 is 0 Å². The van der Waals surface area contributed by atoms with E-state index in [0.29, 0.717) is 32.7 Å². The number of halogens is 2. The topological polar surface area (TPSA) is 57.1 Å². The molecule has 7 heteroatoms. The van der Waals surface area contributed by atoms with Crippen LogP contribution in [-0.2, 0) is 9.53 Å². The van der Waals surface area contributed by atoms with E-state index in [-0.39, 0.29) is 11.6 Å². The molecular weight excluding hydrogens is 365 g/mol. The van der Waals surface area contributed by atoms with Crippen LogP contribution in [0.15, 0.2) is 47.1 Å². The van der Waals surface area contributed by atoms with Gasteiger partial charge >= 0.3 is 5.97 Å². The second-order valence-corrected chi connectivity index (χ2v) is 5.92. The number of hydrogen-bond donors (Lipinski definition) is 0. The molecule has 3 rings (SSSR count). The summed E-state index contributed by atoms with van der Waals surface area (Å²) in [6.45, 7) is 0. The summed E-state index contributed by atoms with van der Waals surface area (Å²) in [6.07, 6.45) is 1.59. The molecule has 2 aromatic rings. The van der Waals surface area contributed by atoms with E-state index in [4.69, 9.17) is 37.4 Å². The predicted molar refractivity (Wildman–Crippen MR) is 96.6 cm³/mol. The molecule has 0 fully saturated rings. The fraction of sp³-hybridized carbons (Fsp3) is 0.111. The highest BCUT2D eigenvalue weighted by Crippen LogP contribution is 2.30. The minimum absolute atomic E-state index is 0.115. The van der Waals surface area contributed by atoms with Crippen molar-refractivity contribution in [1.29, 1.82) is 0 Å². The Morgan fingerprint density at radius 2 is 1.80 bits per heavy atom. The lowest BCUT2D eigenvalue weighted by Gasteiger charge is -2.07. The van der Waals surface area contributed by atoms with E-state index in [1.54, 1.807) is 49.6 Å². The van der Waals surface area contributed by atoms with E-state index in [1.807, 2.05) is 0 Å². The molecule has 2 aromatic carbocycles. The average molecular weight is 378 g/mol. The minimum Gasteiger partial charge on any atom is -0.493 e. The standard InChI is InChI=1S/C18H13Cl2NO4/c1-23-15-6-3-10(8-16(15)24-2)7-14-18(22)25-17(21-14)12-9-11(19)4-5-13(12)20/h3-9H,1-2H3/b14-7-. The van der Waals surface area contributed by atoms with Crippen LogP contribution in [0.25, 0.3) is 6.08 Å². The molecule has 1 aliphatic rings. The van der Waals surface area contributed by atoms with Crippen LogP contribution < -0.4 is 9.47 Å².